The summed E-state index contributed by atoms with van der Waals surface area (Å²) in [6.45, 7) is 3.02. The third kappa shape index (κ3) is 11.5. The van der Waals surface area contributed by atoms with E-state index in [1.165, 1.54) is 18.7 Å². The van der Waals surface area contributed by atoms with Crippen molar-refractivity contribution in [3.05, 3.63) is 35.9 Å². The first-order chi connectivity index (χ1) is 21.2. The lowest BCUT2D eigenvalue weighted by atomic mass is 9.96. The van der Waals surface area contributed by atoms with Crippen LogP contribution in [0.25, 0.3) is 0 Å². The summed E-state index contributed by atoms with van der Waals surface area (Å²) in [4.78, 5) is 61.7. The monoisotopic (exact) mass is 660 g/mol. The number of benzene rings is 1. The van der Waals surface area contributed by atoms with E-state index >= 15 is 0 Å². The van der Waals surface area contributed by atoms with Gasteiger partial charge in [0.1, 0.15) is 30.2 Å². The number of carbonyl (C=O) groups is 5. The molecule has 0 aromatic heterocycles. The van der Waals surface area contributed by atoms with Crippen LogP contribution in [0.2, 0.25) is 0 Å². The molecular weight excluding hydrogens is 621 g/mol. The summed E-state index contributed by atoms with van der Waals surface area (Å²) in [5, 5.41) is 4.50. The van der Waals surface area contributed by atoms with Crippen molar-refractivity contribution in [1.82, 2.24) is 10.6 Å². The van der Waals surface area contributed by atoms with Crippen LogP contribution in [-0.4, -0.2) is 83.6 Å². The number of ether oxygens (including phenoxy) is 4. The van der Waals surface area contributed by atoms with Crippen molar-refractivity contribution in [3.8, 4) is 0 Å². The topological polar surface area (TPSA) is 146 Å². The molecule has 0 unspecified atom stereocenters. The number of halogens is 3. The van der Waals surface area contributed by atoms with Crippen LogP contribution >= 0.6 is 11.8 Å². The molecule has 250 valence electrons. The van der Waals surface area contributed by atoms with Gasteiger partial charge in [-0.2, -0.15) is 13.2 Å². The molecule has 0 radical (unpaired) electrons. The molecule has 1 aromatic rings. The third-order valence-corrected chi connectivity index (χ3v) is 8.86. The van der Waals surface area contributed by atoms with Crippen molar-refractivity contribution in [2.24, 2.45) is 0 Å². The van der Waals surface area contributed by atoms with Gasteiger partial charge in [-0.3, -0.25) is 24.0 Å². The molecule has 2 aliphatic rings. The fourth-order valence-electron chi connectivity index (χ4n) is 5.29. The number of aryl methyl sites for hydroxylation is 1. The molecule has 1 aliphatic heterocycles. The Morgan fingerprint density at radius 1 is 0.933 bits per heavy atom. The second kappa shape index (κ2) is 16.8. The molecule has 1 saturated carbocycles. The summed E-state index contributed by atoms with van der Waals surface area (Å²) >= 11 is 1.34. The SMILES string of the molecule is CC(=O)OC[C@H]1O[C@H](SC2CCCCC2)[C@H](NC(=O)[C@H](CCc2ccccc2)NC(=O)C(F)(F)F)[C@@H](OC(C)=O)[C@@H]1OC(C)=O. The lowest BCUT2D eigenvalue weighted by molar-refractivity contribution is -0.212. The van der Waals surface area contributed by atoms with Crippen molar-refractivity contribution < 1.29 is 56.1 Å². The molecule has 1 aliphatic carbocycles. The Kier molecular flexibility index (Phi) is 13.5. The van der Waals surface area contributed by atoms with Crippen LogP contribution in [0.15, 0.2) is 30.3 Å². The minimum absolute atomic E-state index is 0.0691. The van der Waals surface area contributed by atoms with Gasteiger partial charge in [0.15, 0.2) is 12.2 Å². The maximum Gasteiger partial charge on any atom is 0.471 e. The molecule has 3 rings (SSSR count). The van der Waals surface area contributed by atoms with Gasteiger partial charge < -0.3 is 29.6 Å². The Morgan fingerprint density at radius 2 is 1.56 bits per heavy atom. The van der Waals surface area contributed by atoms with E-state index in [2.05, 4.69) is 5.32 Å². The molecule has 1 heterocycles. The predicted molar refractivity (Wildman–Crippen MR) is 156 cm³/mol. The van der Waals surface area contributed by atoms with Gasteiger partial charge in [-0.1, -0.05) is 49.6 Å². The number of hydrogen-bond donors (Lipinski definition) is 2. The fraction of sp³-hybridized carbons (Fsp3) is 0.633. The van der Waals surface area contributed by atoms with Crippen molar-refractivity contribution >= 4 is 41.5 Å². The highest BCUT2D eigenvalue weighted by atomic mass is 32.2. The minimum atomic E-state index is -5.25. The molecule has 15 heteroatoms. The van der Waals surface area contributed by atoms with Crippen molar-refractivity contribution in [2.75, 3.05) is 6.61 Å². The van der Waals surface area contributed by atoms with Crippen LogP contribution in [0.1, 0.15) is 64.9 Å². The molecule has 45 heavy (non-hydrogen) atoms. The number of esters is 3. The van der Waals surface area contributed by atoms with Gasteiger partial charge in [0, 0.05) is 26.0 Å². The number of amides is 2. The Balaban J connectivity index is 1.97. The highest BCUT2D eigenvalue weighted by Gasteiger charge is 2.52. The lowest BCUT2D eigenvalue weighted by Gasteiger charge is -2.46. The van der Waals surface area contributed by atoms with E-state index in [0.29, 0.717) is 0 Å². The van der Waals surface area contributed by atoms with Gasteiger partial charge in [0.2, 0.25) is 5.91 Å². The van der Waals surface area contributed by atoms with Gasteiger partial charge in [-0.15, -0.1) is 11.8 Å². The number of thioether (sulfide) groups is 1. The highest BCUT2D eigenvalue weighted by Crippen LogP contribution is 2.38. The molecular formula is C30H39F3N2O9S. The maximum absolute atomic E-state index is 13.7. The first kappa shape index (κ1) is 36.1. The molecule has 0 bridgehead atoms. The lowest BCUT2D eigenvalue weighted by Crippen LogP contribution is -2.67. The zero-order valence-electron chi connectivity index (χ0n) is 25.3. The maximum atomic E-state index is 13.7. The zero-order chi connectivity index (χ0) is 33.1. The Morgan fingerprint density at radius 3 is 2.13 bits per heavy atom. The first-order valence-electron chi connectivity index (χ1n) is 14.7. The zero-order valence-corrected chi connectivity index (χ0v) is 26.1. The van der Waals surface area contributed by atoms with Gasteiger partial charge in [0.05, 0.1) is 0 Å². The summed E-state index contributed by atoms with van der Waals surface area (Å²) in [6, 6.07) is 5.82. The van der Waals surface area contributed by atoms with Gasteiger partial charge in [-0.05, 0) is 31.2 Å². The van der Waals surface area contributed by atoms with E-state index in [0.717, 1.165) is 51.5 Å². The van der Waals surface area contributed by atoms with E-state index in [1.54, 1.807) is 35.6 Å². The van der Waals surface area contributed by atoms with Crippen molar-refractivity contribution in [1.29, 1.82) is 0 Å². The standard InChI is InChI=1S/C30H39F3N2O9S/c1-17(36)41-16-23-25(42-18(2)37)26(43-19(3)38)24(28(44-23)45-21-12-8-5-9-13-21)35-27(39)22(34-29(40)30(31,32)33)15-14-20-10-6-4-7-11-20/h4,6-7,10-11,21-26,28H,5,8-9,12-16H2,1-3H3,(H,34,40)(H,35,39)/t22-,23+,24+,25+,26+,28+/m0/s1. The summed E-state index contributed by atoms with van der Waals surface area (Å²) in [6.07, 6.45) is -4.51. The number of alkyl halides is 3. The molecule has 1 aromatic carbocycles. The van der Waals surface area contributed by atoms with Crippen molar-refractivity contribution in [2.45, 2.75) is 113 Å². The number of hydrogen-bond acceptors (Lipinski definition) is 10. The van der Waals surface area contributed by atoms with Gasteiger partial charge in [-0.25, -0.2) is 0 Å². The van der Waals surface area contributed by atoms with E-state index in [1.807, 2.05) is 0 Å². The van der Waals surface area contributed by atoms with E-state index < -0.39 is 71.7 Å². The van der Waals surface area contributed by atoms with Crippen LogP contribution in [0, 0.1) is 0 Å². The molecule has 11 nitrogen and oxygen atoms in total. The summed E-state index contributed by atoms with van der Waals surface area (Å²) < 4.78 is 62.2. The summed E-state index contributed by atoms with van der Waals surface area (Å²) in [5.41, 5.74) is -0.230. The Labute approximate surface area is 263 Å². The normalized spacial score (nSPS) is 24.5. The predicted octanol–water partition coefficient (Wildman–Crippen LogP) is 3.37. The third-order valence-electron chi connectivity index (χ3n) is 7.33. The van der Waals surface area contributed by atoms with Crippen LogP contribution in [0.4, 0.5) is 13.2 Å². The van der Waals surface area contributed by atoms with E-state index in [-0.39, 0.29) is 24.7 Å². The second-order valence-electron chi connectivity index (χ2n) is 11.0. The van der Waals surface area contributed by atoms with E-state index in [9.17, 15) is 37.1 Å². The molecule has 2 amide bonds. The molecule has 2 N–H and O–H groups in total. The Hall–Kier alpha value is -3.33. The summed E-state index contributed by atoms with van der Waals surface area (Å²) in [7, 11) is 0. The minimum Gasteiger partial charge on any atom is -0.463 e. The summed E-state index contributed by atoms with van der Waals surface area (Å²) in [5.74, 6) is -5.49. The largest absolute Gasteiger partial charge is 0.471 e. The average molecular weight is 661 g/mol. The molecule has 2 fully saturated rings. The number of carbonyl (C=O) groups excluding carboxylic acids is 5. The molecule has 6 atom stereocenters. The number of nitrogens with one attached hydrogen (secondary N) is 2. The second-order valence-corrected chi connectivity index (χ2v) is 12.4. The highest BCUT2D eigenvalue weighted by molar-refractivity contribution is 8.00. The van der Waals surface area contributed by atoms with Gasteiger partial charge in [0.25, 0.3) is 0 Å². The van der Waals surface area contributed by atoms with Crippen LogP contribution in [0.5, 0.6) is 0 Å². The first-order valence-corrected chi connectivity index (χ1v) is 15.7. The number of rotatable bonds is 12. The van der Waals surface area contributed by atoms with Gasteiger partial charge >= 0.3 is 30.0 Å². The van der Waals surface area contributed by atoms with Crippen molar-refractivity contribution in [3.63, 3.8) is 0 Å². The van der Waals surface area contributed by atoms with Crippen LogP contribution in [-0.2, 0) is 49.3 Å². The Bertz CT molecular complexity index is 1180. The fourth-order valence-corrected chi connectivity index (χ4v) is 6.88. The van der Waals surface area contributed by atoms with Crippen LogP contribution < -0.4 is 10.6 Å². The smallest absolute Gasteiger partial charge is 0.463 e. The van der Waals surface area contributed by atoms with E-state index in [4.69, 9.17) is 18.9 Å². The quantitative estimate of drug-likeness (QED) is 0.253. The molecule has 0 spiro atoms. The molecule has 1 saturated heterocycles. The average Bonchev–Trinajstić information content (AvgIpc) is 2.97. The van der Waals surface area contributed by atoms with Crippen LogP contribution in [0.3, 0.4) is 0 Å².